The van der Waals surface area contributed by atoms with Gasteiger partial charge in [-0.3, -0.25) is 9.20 Å². The van der Waals surface area contributed by atoms with E-state index in [9.17, 15) is 4.79 Å². The lowest BCUT2D eigenvalue weighted by Crippen LogP contribution is -2.17. The SMILES string of the molecule is CNC(=O)c1ccc(Nc2ncc(-c3c(C)nc4c(OC)cccn34)s2)cc1. The first-order valence-corrected chi connectivity index (χ1v) is 9.49. The van der Waals surface area contributed by atoms with Crippen molar-refractivity contribution in [2.45, 2.75) is 6.92 Å². The minimum atomic E-state index is -0.110. The number of imidazole rings is 1. The number of aryl methyl sites for hydroxylation is 1. The number of methoxy groups -OCH3 is 1. The Morgan fingerprint density at radius 3 is 2.71 bits per heavy atom. The Bertz CT molecular complexity index is 1150. The molecule has 0 unspecified atom stereocenters. The largest absolute Gasteiger partial charge is 0.493 e. The number of thiazole rings is 1. The second kappa shape index (κ2) is 7.32. The number of aromatic nitrogens is 3. The van der Waals surface area contributed by atoms with Gasteiger partial charge in [0.25, 0.3) is 5.91 Å². The highest BCUT2D eigenvalue weighted by molar-refractivity contribution is 7.18. The van der Waals surface area contributed by atoms with Gasteiger partial charge >= 0.3 is 0 Å². The van der Waals surface area contributed by atoms with Crippen LogP contribution in [-0.2, 0) is 0 Å². The average molecular weight is 393 g/mol. The van der Waals surface area contributed by atoms with E-state index in [1.807, 2.05) is 48.0 Å². The van der Waals surface area contributed by atoms with E-state index in [1.54, 1.807) is 26.3 Å². The van der Waals surface area contributed by atoms with Crippen LogP contribution in [0.15, 0.2) is 48.8 Å². The molecule has 28 heavy (non-hydrogen) atoms. The molecule has 3 heterocycles. The van der Waals surface area contributed by atoms with Crippen molar-refractivity contribution in [3.8, 4) is 16.3 Å². The number of anilines is 2. The Kier molecular flexibility index (Phi) is 4.70. The van der Waals surface area contributed by atoms with Gasteiger partial charge in [-0.15, -0.1) is 0 Å². The van der Waals surface area contributed by atoms with Crippen LogP contribution < -0.4 is 15.4 Å². The molecule has 0 fully saturated rings. The molecule has 0 aliphatic rings. The quantitative estimate of drug-likeness (QED) is 0.538. The van der Waals surface area contributed by atoms with Crippen molar-refractivity contribution in [1.82, 2.24) is 19.7 Å². The van der Waals surface area contributed by atoms with Crippen LogP contribution in [0.2, 0.25) is 0 Å². The summed E-state index contributed by atoms with van der Waals surface area (Å²) < 4.78 is 7.43. The van der Waals surface area contributed by atoms with Gasteiger partial charge < -0.3 is 15.4 Å². The summed E-state index contributed by atoms with van der Waals surface area (Å²) >= 11 is 1.54. The van der Waals surface area contributed by atoms with Crippen molar-refractivity contribution in [3.63, 3.8) is 0 Å². The number of hydrogen-bond acceptors (Lipinski definition) is 6. The van der Waals surface area contributed by atoms with Crippen molar-refractivity contribution in [3.05, 3.63) is 60.0 Å². The molecule has 4 aromatic rings. The van der Waals surface area contributed by atoms with Gasteiger partial charge in [-0.05, 0) is 43.3 Å². The number of nitrogens with zero attached hydrogens (tertiary/aromatic N) is 3. The molecule has 0 saturated carbocycles. The first-order valence-electron chi connectivity index (χ1n) is 8.67. The minimum absolute atomic E-state index is 0.110. The normalized spacial score (nSPS) is 10.8. The number of amides is 1. The van der Waals surface area contributed by atoms with E-state index >= 15 is 0 Å². The van der Waals surface area contributed by atoms with Crippen LogP contribution in [0.5, 0.6) is 5.75 Å². The first-order chi connectivity index (χ1) is 13.6. The number of fused-ring (bicyclic) bond motifs is 1. The molecule has 0 spiro atoms. The highest BCUT2D eigenvalue weighted by Crippen LogP contribution is 2.34. The molecule has 0 aliphatic heterocycles. The molecule has 4 rings (SSSR count). The van der Waals surface area contributed by atoms with Gasteiger partial charge in [0.05, 0.1) is 23.4 Å². The summed E-state index contributed by atoms with van der Waals surface area (Å²) in [5.74, 6) is 0.623. The second-order valence-corrected chi connectivity index (χ2v) is 7.16. The highest BCUT2D eigenvalue weighted by Gasteiger charge is 2.16. The van der Waals surface area contributed by atoms with Crippen LogP contribution in [0.4, 0.5) is 10.8 Å². The number of carbonyl (C=O) groups excluding carboxylic acids is 1. The third kappa shape index (κ3) is 3.18. The summed E-state index contributed by atoms with van der Waals surface area (Å²) in [5.41, 5.74) is 4.17. The maximum atomic E-state index is 11.6. The highest BCUT2D eigenvalue weighted by atomic mass is 32.1. The molecular formula is C20H19N5O2S. The van der Waals surface area contributed by atoms with Gasteiger partial charge in [0.15, 0.2) is 16.5 Å². The van der Waals surface area contributed by atoms with Crippen molar-refractivity contribution < 1.29 is 9.53 Å². The van der Waals surface area contributed by atoms with Crippen LogP contribution in [0.3, 0.4) is 0 Å². The van der Waals surface area contributed by atoms with Crippen molar-refractivity contribution in [2.75, 3.05) is 19.5 Å². The molecule has 0 atom stereocenters. The fraction of sp³-hybridized carbons (Fsp3) is 0.150. The van der Waals surface area contributed by atoms with E-state index in [-0.39, 0.29) is 5.91 Å². The van der Waals surface area contributed by atoms with E-state index in [1.165, 1.54) is 11.3 Å². The number of benzene rings is 1. The van der Waals surface area contributed by atoms with Gasteiger partial charge in [-0.2, -0.15) is 0 Å². The molecule has 0 saturated heterocycles. The maximum Gasteiger partial charge on any atom is 0.251 e. The Morgan fingerprint density at radius 1 is 1.21 bits per heavy atom. The molecule has 1 amide bonds. The summed E-state index contributed by atoms with van der Waals surface area (Å²) in [5, 5.41) is 6.66. The number of rotatable bonds is 5. The molecule has 0 radical (unpaired) electrons. The fourth-order valence-electron chi connectivity index (χ4n) is 3.03. The number of carbonyl (C=O) groups is 1. The second-order valence-electron chi connectivity index (χ2n) is 6.13. The summed E-state index contributed by atoms with van der Waals surface area (Å²) in [6.07, 6.45) is 3.80. The van der Waals surface area contributed by atoms with E-state index < -0.39 is 0 Å². The van der Waals surface area contributed by atoms with E-state index in [4.69, 9.17) is 4.74 Å². The summed E-state index contributed by atoms with van der Waals surface area (Å²) in [6.45, 7) is 1.98. The molecule has 3 aromatic heterocycles. The monoisotopic (exact) mass is 393 g/mol. The number of ether oxygens (including phenoxy) is 1. The zero-order valence-electron chi connectivity index (χ0n) is 15.7. The Labute approximate surface area is 166 Å². The average Bonchev–Trinajstić information content (AvgIpc) is 3.30. The Hall–Kier alpha value is -3.39. The maximum absolute atomic E-state index is 11.6. The van der Waals surface area contributed by atoms with Crippen molar-refractivity contribution >= 4 is 33.7 Å². The molecule has 7 nitrogen and oxygen atoms in total. The predicted octanol–water partition coefficient (Wildman–Crippen LogP) is 3.88. The lowest BCUT2D eigenvalue weighted by molar-refractivity contribution is 0.0963. The molecule has 2 N–H and O–H groups in total. The van der Waals surface area contributed by atoms with Gasteiger partial charge in [-0.1, -0.05) is 11.3 Å². The third-order valence-corrected chi connectivity index (χ3v) is 5.29. The first kappa shape index (κ1) is 18.0. The van der Waals surface area contributed by atoms with Crippen LogP contribution in [0.25, 0.3) is 16.2 Å². The fourth-order valence-corrected chi connectivity index (χ4v) is 3.96. The summed E-state index contributed by atoms with van der Waals surface area (Å²) in [7, 11) is 3.26. The molecule has 1 aromatic carbocycles. The smallest absolute Gasteiger partial charge is 0.251 e. The van der Waals surface area contributed by atoms with Gasteiger partial charge in [0.1, 0.15) is 0 Å². The zero-order chi connectivity index (χ0) is 19.7. The minimum Gasteiger partial charge on any atom is -0.493 e. The van der Waals surface area contributed by atoms with Crippen LogP contribution in [0.1, 0.15) is 16.1 Å². The molecule has 8 heteroatoms. The summed E-state index contributed by atoms with van der Waals surface area (Å²) in [4.78, 5) is 21.8. The van der Waals surface area contributed by atoms with E-state index in [0.717, 1.165) is 38.5 Å². The van der Waals surface area contributed by atoms with Gasteiger partial charge in [0, 0.05) is 30.7 Å². The lowest BCUT2D eigenvalue weighted by Gasteiger charge is -2.04. The van der Waals surface area contributed by atoms with Crippen LogP contribution in [-0.4, -0.2) is 34.4 Å². The van der Waals surface area contributed by atoms with Crippen LogP contribution in [0, 0.1) is 6.92 Å². The Balaban J connectivity index is 1.62. The lowest BCUT2D eigenvalue weighted by atomic mass is 10.2. The van der Waals surface area contributed by atoms with Crippen molar-refractivity contribution in [2.24, 2.45) is 0 Å². The molecule has 0 aliphatic carbocycles. The van der Waals surface area contributed by atoms with E-state index in [0.29, 0.717) is 5.56 Å². The zero-order valence-corrected chi connectivity index (χ0v) is 16.5. The number of hydrogen-bond donors (Lipinski definition) is 2. The Morgan fingerprint density at radius 2 is 2.00 bits per heavy atom. The van der Waals surface area contributed by atoms with Crippen molar-refractivity contribution in [1.29, 1.82) is 0 Å². The number of pyridine rings is 1. The van der Waals surface area contributed by atoms with Crippen LogP contribution >= 0.6 is 11.3 Å². The summed E-state index contributed by atoms with van der Waals surface area (Å²) in [6, 6.07) is 11.1. The molecule has 0 bridgehead atoms. The van der Waals surface area contributed by atoms with Gasteiger partial charge in [-0.25, -0.2) is 9.97 Å². The molecule has 142 valence electrons. The third-order valence-electron chi connectivity index (χ3n) is 4.37. The number of nitrogens with one attached hydrogen (secondary N) is 2. The topological polar surface area (TPSA) is 80.5 Å². The van der Waals surface area contributed by atoms with Gasteiger partial charge in [0.2, 0.25) is 0 Å². The predicted molar refractivity (Wildman–Crippen MR) is 111 cm³/mol. The van der Waals surface area contributed by atoms with E-state index in [2.05, 4.69) is 20.6 Å². The standard InChI is InChI=1S/C20H19N5O2S/c1-12-17(25-10-4-5-15(27-3)18(25)23-12)16-11-22-20(28-16)24-14-8-6-13(7-9-14)19(26)21-2/h4-11H,1-3H3,(H,21,26)(H,22,24). The molecular weight excluding hydrogens is 374 g/mol.